The highest BCUT2D eigenvalue weighted by molar-refractivity contribution is 5.82. The summed E-state index contributed by atoms with van der Waals surface area (Å²) in [7, 11) is 0. The maximum Gasteiger partial charge on any atom is 0.323 e. The Morgan fingerprint density at radius 2 is 0.715 bits per heavy atom. The summed E-state index contributed by atoms with van der Waals surface area (Å²) in [6, 6.07) is 40.6. The summed E-state index contributed by atoms with van der Waals surface area (Å²) < 4.78 is 8.27. The summed E-state index contributed by atoms with van der Waals surface area (Å²) >= 11 is 0. The highest BCUT2D eigenvalue weighted by Crippen LogP contribution is 2.65. The molecule has 0 radical (unpaired) electrons. The minimum absolute atomic E-state index is 0.0278. The third-order valence-corrected chi connectivity index (χ3v) is 34.5. The van der Waals surface area contributed by atoms with E-state index in [1.165, 1.54) is 151 Å². The molecule has 18 atom stereocenters. The number of piperidine rings is 6. The van der Waals surface area contributed by atoms with Gasteiger partial charge in [-0.15, -0.1) is 0 Å². The summed E-state index contributed by atoms with van der Waals surface area (Å²) in [4.78, 5) is 129. The summed E-state index contributed by atoms with van der Waals surface area (Å²) in [5, 5.41) is 18.8. The lowest BCUT2D eigenvalue weighted by atomic mass is 9.45. The van der Waals surface area contributed by atoms with Gasteiger partial charge in [0.1, 0.15) is 13.2 Å². The Labute approximate surface area is 720 Å². The predicted molar refractivity (Wildman–Crippen MR) is 481 cm³/mol. The number of hydrogen-bond acceptors (Lipinski definition) is 15. The maximum atomic E-state index is 14.4. The number of aliphatic hydroxyl groups is 1. The number of nitrogens with one attached hydrogen (secondary N) is 1. The second kappa shape index (κ2) is 33.7. The van der Waals surface area contributed by atoms with Crippen LogP contribution in [0.3, 0.4) is 0 Å². The number of carboxylic acids is 1. The lowest BCUT2D eigenvalue weighted by Crippen LogP contribution is -2.55. The van der Waals surface area contributed by atoms with Crippen LogP contribution in [0.2, 0.25) is 0 Å². The minimum atomic E-state index is -1.14. The number of benzene rings is 3. The van der Waals surface area contributed by atoms with Crippen molar-refractivity contribution in [2.45, 2.75) is 282 Å². The number of para-hydroxylation sites is 6. The van der Waals surface area contributed by atoms with Gasteiger partial charge >= 0.3 is 5.97 Å². The fourth-order valence-electron chi connectivity index (χ4n) is 27.7. The van der Waals surface area contributed by atoms with Gasteiger partial charge in [-0.05, 0) is 298 Å². The van der Waals surface area contributed by atoms with E-state index in [1.54, 1.807) is 36.4 Å². The average Bonchev–Trinajstić information content (AvgIpc) is 0.742. The van der Waals surface area contributed by atoms with Gasteiger partial charge in [0.2, 0.25) is 5.56 Å². The first-order valence-electron chi connectivity index (χ1n) is 47.1. The van der Waals surface area contributed by atoms with Crippen LogP contribution in [0, 0.1) is 69.5 Å². The normalized spacial score (nSPS) is 30.6. The van der Waals surface area contributed by atoms with Gasteiger partial charge in [-0.3, -0.25) is 62.2 Å². The molecule has 9 aromatic rings. The van der Waals surface area contributed by atoms with E-state index in [2.05, 4.69) is 61.2 Å². The van der Waals surface area contributed by atoms with E-state index >= 15 is 0 Å². The first-order valence-corrected chi connectivity index (χ1v) is 47.1. The molecule has 12 heterocycles. The molecule has 9 saturated carbocycles. The van der Waals surface area contributed by atoms with Crippen molar-refractivity contribution < 1.29 is 19.8 Å². The summed E-state index contributed by atoms with van der Waals surface area (Å²) in [6.45, 7) is 17.0. The Bertz CT molecular complexity index is 5850. The highest BCUT2D eigenvalue weighted by Gasteiger charge is 2.57. The molecular weight excluding hydrogens is 1540 g/mol. The summed E-state index contributed by atoms with van der Waals surface area (Å²) in [6.07, 6.45) is 33.2. The van der Waals surface area contributed by atoms with Crippen LogP contribution in [-0.4, -0.2) is 142 Å². The molecule has 24 rings (SSSR count). The maximum absolute atomic E-state index is 14.4. The van der Waals surface area contributed by atoms with Crippen molar-refractivity contribution in [3.8, 4) is 34.2 Å². The third-order valence-electron chi connectivity index (χ3n) is 34.5. The summed E-state index contributed by atoms with van der Waals surface area (Å²) in [5.41, 5.74) is 6.33. The highest BCUT2D eigenvalue weighted by atomic mass is 16.4. The Morgan fingerprint density at radius 3 is 1.05 bits per heavy atom. The van der Waals surface area contributed by atoms with Crippen LogP contribution in [0.5, 0.6) is 0 Å². The van der Waals surface area contributed by atoms with Crippen LogP contribution in [0.25, 0.3) is 67.3 Å². The second-order valence-corrected chi connectivity index (χ2v) is 41.3. The van der Waals surface area contributed by atoms with Gasteiger partial charge in [-0.2, -0.15) is 0 Å². The molecule has 15 aliphatic rings. The molecule has 6 aromatic heterocycles. The van der Waals surface area contributed by atoms with Crippen LogP contribution in [-0.2, 0) is 22.7 Å². The lowest BCUT2D eigenvalue weighted by molar-refractivity contribution is -0.137. The molecule has 3 aromatic carbocycles. The predicted octanol–water partition coefficient (Wildman–Crippen LogP) is 15.9. The SMILES string of the molecule is CC1(C)[C@H]2CC[C@@H](CCN3[C@@H]4CCC[C@H]3CC(n3c(=O)c(-c5cccc(=O)[nH]5)nc5ccccc53)C4)[C@@H]1C2.CC1(C)[C@H]2CC[C@@H](CCN3[C@@H]4CCC[C@H]3CC(n3c(=O)c(-c5cccc(=O)n5CC(=O)CO)nc5ccccc53)C4)[C@@H]1C2.CC1(C)[C@H]2CC[C@@H](CCN3[C@@H]4CCC[C@H]3CC(n3c(=O)c(-c5cccc(=O)n5CC(=O)O)nc5ccccc53)C4)[C@@H]1C2. The number of ketones is 1. The molecule has 3 N–H and O–H groups in total. The number of Topliss-reactive ketones (excluding diaryl/α,β-unsaturated/α-hetero) is 1. The quantitative estimate of drug-likeness (QED) is 0.0640. The Hall–Kier alpha value is -9.09. The third kappa shape index (κ3) is 15.4. The van der Waals surface area contributed by atoms with E-state index in [1.807, 2.05) is 86.5 Å². The van der Waals surface area contributed by atoms with Crippen molar-refractivity contribution in [2.24, 2.45) is 69.5 Å². The van der Waals surface area contributed by atoms with Gasteiger partial charge in [-0.25, -0.2) is 15.0 Å². The number of carboxylic acid groups (broad SMARTS) is 1. The number of aliphatic carboxylic acids is 1. The molecular formula is C101H126N12O10. The van der Waals surface area contributed by atoms with Crippen molar-refractivity contribution >= 4 is 44.9 Å². The van der Waals surface area contributed by atoms with Crippen LogP contribution in [0.4, 0.5) is 0 Å². The van der Waals surface area contributed by atoms with E-state index < -0.39 is 36.0 Å². The molecule has 123 heavy (non-hydrogen) atoms. The number of aromatic nitrogens is 9. The fraction of sp³-hybridized carbons (Fsp3) is 0.594. The Kier molecular flexibility index (Phi) is 22.9. The van der Waals surface area contributed by atoms with Crippen LogP contribution in [0.15, 0.2) is 156 Å². The number of pyridine rings is 3. The van der Waals surface area contributed by atoms with Gasteiger partial charge in [-0.1, -0.05) is 115 Å². The lowest BCUT2D eigenvalue weighted by Gasteiger charge is -2.60. The van der Waals surface area contributed by atoms with Gasteiger partial charge in [0.25, 0.3) is 27.8 Å². The van der Waals surface area contributed by atoms with Crippen molar-refractivity contribution in [1.82, 2.24) is 57.5 Å². The molecule has 22 heteroatoms. The number of rotatable bonds is 20. The largest absolute Gasteiger partial charge is 0.480 e. The zero-order valence-electron chi connectivity index (χ0n) is 72.9. The van der Waals surface area contributed by atoms with Crippen LogP contribution in [0.1, 0.15) is 233 Å². The molecule has 15 fully saturated rings. The number of aromatic amines is 1. The molecule has 9 aliphatic carbocycles. The molecule has 12 bridgehead atoms. The first kappa shape index (κ1) is 83.5. The number of carbonyl (C=O) groups is 2. The van der Waals surface area contributed by atoms with Crippen LogP contribution < -0.4 is 33.4 Å². The van der Waals surface area contributed by atoms with Crippen molar-refractivity contribution in [3.63, 3.8) is 0 Å². The standard InChI is InChI=1S/C35H44N4O4.C34H42N4O4.C32H40N4O2/c1-35(2)23-14-13-22(28(35)17-23)15-16-37-24-7-5-8-25(37)19-26(18-24)39-30-10-4-3-9-29(30)36-33(34(39)43)31-11-6-12-32(42)38(31)20-27(41)21-40;1-34(2)22-14-13-21(26(34)17-22)15-16-36-23-7-5-8-24(36)19-25(18-23)38-28-10-4-3-9-27(28)35-32(33(38)42)29-11-6-12-30(39)37(29)20-31(40)41;1-32(2)21-14-13-20(25(32)17-21)15-16-35-22-7-5-8-23(35)19-24(18-22)36-28-11-4-3-9-26(28)34-30(31(36)38)27-10-6-12-29(37)33-27/h3-4,6,9-12,22-26,28,40H,5,7-8,13-21H2,1-2H3;3-4,6,9-12,21-26H,5,7-8,13-20H2,1-2H3,(H,40,41);3-4,6,9-12,20-25H,5,7-8,13-19H2,1-2H3,(H,33,37)/t22-,23-,24-,25+,26?,28-;21-,22-,23-,24+,25?,26-;20-,21-,22-,23+,24?,25-/m000/s1. The molecule has 6 aliphatic heterocycles. The van der Waals surface area contributed by atoms with E-state index in [9.17, 15) is 48.6 Å². The van der Waals surface area contributed by atoms with E-state index in [0.29, 0.717) is 80.6 Å². The smallest absolute Gasteiger partial charge is 0.323 e. The van der Waals surface area contributed by atoms with Crippen molar-refractivity contribution in [2.75, 3.05) is 26.2 Å². The molecule has 0 amide bonds. The number of carbonyl (C=O) groups excluding carboxylic acids is 1. The van der Waals surface area contributed by atoms with Gasteiger partial charge < -0.3 is 28.9 Å². The molecule has 0 spiro atoms. The second-order valence-electron chi connectivity index (χ2n) is 41.3. The van der Waals surface area contributed by atoms with Gasteiger partial charge in [0.05, 0.1) is 56.7 Å². The first-order chi connectivity index (χ1) is 59.4. The fourth-order valence-corrected chi connectivity index (χ4v) is 27.7. The van der Waals surface area contributed by atoms with Crippen LogP contribution >= 0.6 is 0 Å². The van der Waals surface area contributed by atoms with E-state index in [-0.39, 0.29) is 64.0 Å². The minimum Gasteiger partial charge on any atom is -0.480 e. The Balaban J connectivity index is 0.000000121. The topological polar surface area (TPSA) is 266 Å². The molecule has 22 nitrogen and oxygen atoms in total. The number of fused-ring (bicyclic) bond motifs is 15. The summed E-state index contributed by atoms with van der Waals surface area (Å²) in [5.74, 6) is 6.44. The molecule has 6 saturated heterocycles. The number of nitrogens with zero attached hydrogens (tertiary/aromatic N) is 11. The van der Waals surface area contributed by atoms with Gasteiger partial charge in [0.15, 0.2) is 22.9 Å². The Morgan fingerprint density at radius 1 is 0.382 bits per heavy atom. The monoisotopic (exact) mass is 1670 g/mol. The number of H-pyrrole nitrogens is 1. The average molecular weight is 1670 g/mol. The van der Waals surface area contributed by atoms with Crippen molar-refractivity contribution in [1.29, 1.82) is 0 Å². The number of aliphatic hydroxyl groups excluding tert-OH is 1. The van der Waals surface area contributed by atoms with Crippen molar-refractivity contribution in [3.05, 3.63) is 190 Å². The zero-order chi connectivity index (χ0) is 85.1. The zero-order valence-corrected chi connectivity index (χ0v) is 72.9. The van der Waals surface area contributed by atoms with Gasteiger partial charge in [0, 0.05) is 72.6 Å². The molecule has 650 valence electrons. The number of hydrogen-bond donors (Lipinski definition) is 3. The van der Waals surface area contributed by atoms with E-state index in [0.717, 1.165) is 144 Å². The molecule has 3 unspecified atom stereocenters. The van der Waals surface area contributed by atoms with E-state index in [4.69, 9.17) is 15.0 Å².